The maximum absolute atomic E-state index is 12.0. The van der Waals surface area contributed by atoms with Gasteiger partial charge in [-0.05, 0) is 26.7 Å². The zero-order valence-corrected chi connectivity index (χ0v) is 13.8. The van der Waals surface area contributed by atoms with Gasteiger partial charge in [-0.25, -0.2) is 4.79 Å². The van der Waals surface area contributed by atoms with Gasteiger partial charge < -0.3 is 16.4 Å². The van der Waals surface area contributed by atoms with Crippen LogP contribution in [0, 0.1) is 0 Å². The van der Waals surface area contributed by atoms with E-state index in [1.807, 2.05) is 0 Å². The van der Waals surface area contributed by atoms with Crippen molar-refractivity contribution in [2.45, 2.75) is 64.5 Å². The molecule has 7 nitrogen and oxygen atoms in total. The quantitative estimate of drug-likeness (QED) is 0.546. The SMILES string of the molecule is CCCCC(CN)NC(=O)CCCN1C(=O)NC(C)(C)C1=O. The lowest BCUT2D eigenvalue weighted by atomic mass is 10.1. The van der Waals surface area contributed by atoms with E-state index in [1.165, 1.54) is 4.90 Å². The molecule has 0 aromatic rings. The molecule has 4 N–H and O–H groups in total. The number of nitrogens with two attached hydrogens (primary N) is 1. The monoisotopic (exact) mass is 312 g/mol. The van der Waals surface area contributed by atoms with Gasteiger partial charge in [0.25, 0.3) is 5.91 Å². The third-order valence-electron chi connectivity index (χ3n) is 3.79. The largest absolute Gasteiger partial charge is 0.352 e. The van der Waals surface area contributed by atoms with Crippen LogP contribution in [0.25, 0.3) is 0 Å². The van der Waals surface area contributed by atoms with Gasteiger partial charge in [-0.1, -0.05) is 19.8 Å². The molecule has 1 rings (SSSR count). The maximum Gasteiger partial charge on any atom is 0.325 e. The van der Waals surface area contributed by atoms with Crippen LogP contribution in [0.15, 0.2) is 0 Å². The van der Waals surface area contributed by atoms with Crippen LogP contribution in [-0.2, 0) is 9.59 Å². The minimum atomic E-state index is -0.857. The van der Waals surface area contributed by atoms with Crippen molar-refractivity contribution in [1.82, 2.24) is 15.5 Å². The van der Waals surface area contributed by atoms with Gasteiger partial charge in [0.1, 0.15) is 5.54 Å². The van der Waals surface area contributed by atoms with E-state index in [1.54, 1.807) is 13.8 Å². The number of nitrogens with zero attached hydrogens (tertiary/aromatic N) is 1. The molecule has 1 aliphatic rings. The fourth-order valence-corrected chi connectivity index (χ4v) is 2.42. The maximum atomic E-state index is 12.0. The van der Waals surface area contributed by atoms with Crippen molar-refractivity contribution in [3.05, 3.63) is 0 Å². The Morgan fingerprint density at radius 1 is 1.36 bits per heavy atom. The zero-order valence-electron chi connectivity index (χ0n) is 13.8. The molecule has 0 aromatic carbocycles. The van der Waals surface area contributed by atoms with Crippen LogP contribution < -0.4 is 16.4 Å². The van der Waals surface area contributed by atoms with Gasteiger partial charge in [0.05, 0.1) is 0 Å². The third-order valence-corrected chi connectivity index (χ3v) is 3.79. The lowest BCUT2D eigenvalue weighted by Crippen LogP contribution is -2.41. The number of imide groups is 1. The lowest BCUT2D eigenvalue weighted by Gasteiger charge is -2.18. The summed E-state index contributed by atoms with van der Waals surface area (Å²) in [5, 5.41) is 5.51. The number of carbonyl (C=O) groups is 3. The number of rotatable bonds is 9. The smallest absolute Gasteiger partial charge is 0.325 e. The predicted octanol–water partition coefficient (Wildman–Crippen LogP) is 0.731. The molecule has 0 spiro atoms. The van der Waals surface area contributed by atoms with Crippen LogP contribution in [0.5, 0.6) is 0 Å². The molecule has 1 heterocycles. The molecule has 126 valence electrons. The highest BCUT2D eigenvalue weighted by molar-refractivity contribution is 6.06. The molecule has 22 heavy (non-hydrogen) atoms. The van der Waals surface area contributed by atoms with E-state index in [0.29, 0.717) is 13.0 Å². The highest BCUT2D eigenvalue weighted by Crippen LogP contribution is 2.16. The molecular weight excluding hydrogens is 284 g/mol. The summed E-state index contributed by atoms with van der Waals surface area (Å²) in [6.07, 6.45) is 3.69. The van der Waals surface area contributed by atoms with Crippen molar-refractivity contribution in [2.75, 3.05) is 13.1 Å². The molecule has 4 amide bonds. The molecular formula is C15H28N4O3. The first-order valence-corrected chi connectivity index (χ1v) is 7.95. The Balaban J connectivity index is 2.33. The second-order valence-electron chi connectivity index (χ2n) is 6.26. The van der Waals surface area contributed by atoms with Gasteiger partial charge >= 0.3 is 6.03 Å². The highest BCUT2D eigenvalue weighted by Gasteiger charge is 2.43. The second-order valence-corrected chi connectivity index (χ2v) is 6.26. The first kappa shape index (κ1) is 18.4. The van der Waals surface area contributed by atoms with Crippen molar-refractivity contribution in [1.29, 1.82) is 0 Å². The van der Waals surface area contributed by atoms with Gasteiger partial charge in [-0.3, -0.25) is 14.5 Å². The Bertz CT molecular complexity index is 423. The average molecular weight is 312 g/mol. The number of hydrogen-bond donors (Lipinski definition) is 3. The van der Waals surface area contributed by atoms with Crippen molar-refractivity contribution in [2.24, 2.45) is 5.73 Å². The van der Waals surface area contributed by atoms with E-state index in [-0.39, 0.29) is 30.8 Å². The minimum absolute atomic E-state index is 0.00287. The zero-order chi connectivity index (χ0) is 16.8. The molecule has 1 atom stereocenters. The van der Waals surface area contributed by atoms with Crippen molar-refractivity contribution < 1.29 is 14.4 Å². The molecule has 1 fully saturated rings. The van der Waals surface area contributed by atoms with E-state index >= 15 is 0 Å². The Kier molecular flexibility index (Phi) is 6.80. The number of amides is 4. The van der Waals surface area contributed by atoms with Crippen LogP contribution in [0.3, 0.4) is 0 Å². The molecule has 1 saturated heterocycles. The van der Waals surface area contributed by atoms with E-state index in [4.69, 9.17) is 5.73 Å². The molecule has 0 bridgehead atoms. The highest BCUT2D eigenvalue weighted by atomic mass is 16.2. The standard InChI is InChI=1S/C15H28N4O3/c1-4-5-7-11(10-16)17-12(20)8-6-9-19-13(21)15(2,3)18-14(19)22/h11H,4-10,16H2,1-3H3,(H,17,20)(H,18,22). The van der Waals surface area contributed by atoms with Crippen LogP contribution >= 0.6 is 0 Å². The Hall–Kier alpha value is -1.63. The van der Waals surface area contributed by atoms with Gasteiger partial charge in [0.2, 0.25) is 5.91 Å². The average Bonchev–Trinajstić information content (AvgIpc) is 2.65. The van der Waals surface area contributed by atoms with Crippen molar-refractivity contribution in [3.63, 3.8) is 0 Å². The molecule has 1 unspecified atom stereocenters. The summed E-state index contributed by atoms with van der Waals surface area (Å²) in [4.78, 5) is 36.7. The first-order chi connectivity index (χ1) is 10.3. The van der Waals surface area contributed by atoms with Gasteiger partial charge in [0.15, 0.2) is 0 Å². The van der Waals surface area contributed by atoms with Crippen LogP contribution in [0.4, 0.5) is 4.79 Å². The normalized spacial score (nSPS) is 18.3. The Morgan fingerprint density at radius 3 is 2.55 bits per heavy atom. The second kappa shape index (κ2) is 8.12. The number of urea groups is 1. The van der Waals surface area contributed by atoms with Crippen LogP contribution in [0.1, 0.15) is 52.9 Å². The van der Waals surface area contributed by atoms with Gasteiger partial charge in [0, 0.05) is 25.6 Å². The van der Waals surface area contributed by atoms with Crippen molar-refractivity contribution >= 4 is 17.8 Å². The molecule has 0 aliphatic carbocycles. The topological polar surface area (TPSA) is 105 Å². The number of unbranched alkanes of at least 4 members (excludes halogenated alkanes) is 1. The van der Waals surface area contributed by atoms with Crippen LogP contribution in [0.2, 0.25) is 0 Å². The Labute approximate surface area is 132 Å². The van der Waals surface area contributed by atoms with E-state index in [0.717, 1.165) is 19.3 Å². The molecule has 7 heteroatoms. The first-order valence-electron chi connectivity index (χ1n) is 7.95. The summed E-state index contributed by atoms with van der Waals surface area (Å²) >= 11 is 0. The van der Waals surface area contributed by atoms with E-state index in [9.17, 15) is 14.4 Å². The summed E-state index contributed by atoms with van der Waals surface area (Å²) in [5.41, 5.74) is 4.78. The summed E-state index contributed by atoms with van der Waals surface area (Å²) in [6.45, 7) is 6.10. The molecule has 0 saturated carbocycles. The summed E-state index contributed by atoms with van der Waals surface area (Å²) < 4.78 is 0. The van der Waals surface area contributed by atoms with Crippen molar-refractivity contribution in [3.8, 4) is 0 Å². The Morgan fingerprint density at radius 2 is 2.05 bits per heavy atom. The predicted molar refractivity (Wildman–Crippen MR) is 84.1 cm³/mol. The number of carbonyl (C=O) groups excluding carboxylic acids is 3. The number of hydrogen-bond acceptors (Lipinski definition) is 4. The van der Waals surface area contributed by atoms with Gasteiger partial charge in [-0.2, -0.15) is 0 Å². The summed E-state index contributed by atoms with van der Waals surface area (Å²) in [7, 11) is 0. The lowest BCUT2D eigenvalue weighted by molar-refractivity contribution is -0.130. The van der Waals surface area contributed by atoms with Crippen LogP contribution in [-0.4, -0.2) is 47.4 Å². The van der Waals surface area contributed by atoms with Gasteiger partial charge in [-0.15, -0.1) is 0 Å². The molecule has 0 radical (unpaired) electrons. The summed E-state index contributed by atoms with van der Waals surface area (Å²) in [5.74, 6) is -0.335. The summed E-state index contributed by atoms with van der Waals surface area (Å²) in [6, 6.07) is -0.388. The fourth-order valence-electron chi connectivity index (χ4n) is 2.42. The van der Waals surface area contributed by atoms with E-state index < -0.39 is 11.6 Å². The number of nitrogens with one attached hydrogen (secondary N) is 2. The minimum Gasteiger partial charge on any atom is -0.352 e. The molecule has 0 aromatic heterocycles. The third kappa shape index (κ3) is 4.98. The fraction of sp³-hybridized carbons (Fsp3) is 0.800. The molecule has 1 aliphatic heterocycles. The van der Waals surface area contributed by atoms with E-state index in [2.05, 4.69) is 17.6 Å².